The van der Waals surface area contributed by atoms with E-state index >= 15 is 0 Å². The van der Waals surface area contributed by atoms with Crippen molar-refractivity contribution in [2.75, 3.05) is 5.73 Å². The van der Waals surface area contributed by atoms with Crippen LogP contribution >= 0.6 is 0 Å². The molecule has 0 bridgehead atoms. The number of nitrogens with two attached hydrogens (primary N) is 1. The maximum absolute atomic E-state index is 5.73. The number of hydrogen-bond donors (Lipinski definition) is 1. The quantitative estimate of drug-likeness (QED) is 0.898. The van der Waals surface area contributed by atoms with E-state index in [4.69, 9.17) is 5.73 Å². The van der Waals surface area contributed by atoms with E-state index in [-0.39, 0.29) is 0 Å². The van der Waals surface area contributed by atoms with Crippen molar-refractivity contribution in [1.82, 2.24) is 9.97 Å². The van der Waals surface area contributed by atoms with Gasteiger partial charge in [0.2, 0.25) is 0 Å². The smallest absolute Gasteiger partial charge is 0.135 e. The van der Waals surface area contributed by atoms with Gasteiger partial charge in [0.1, 0.15) is 11.6 Å². The SMILES string of the molecule is Cc1cc(N)nc(Cc2ccc(C(C)C)cc2)n1. The predicted octanol–water partition coefficient (Wildman–Crippen LogP) is 3.08. The van der Waals surface area contributed by atoms with Gasteiger partial charge < -0.3 is 5.73 Å². The molecule has 2 N–H and O–H groups in total. The largest absolute Gasteiger partial charge is 0.384 e. The molecule has 0 aliphatic rings. The molecule has 0 fully saturated rings. The van der Waals surface area contributed by atoms with Gasteiger partial charge in [-0.15, -0.1) is 0 Å². The van der Waals surface area contributed by atoms with Crippen molar-refractivity contribution in [1.29, 1.82) is 0 Å². The third-order valence-electron chi connectivity index (χ3n) is 2.93. The second kappa shape index (κ2) is 5.17. The fourth-order valence-corrected chi connectivity index (χ4v) is 1.94. The van der Waals surface area contributed by atoms with Crippen LogP contribution in [0.1, 0.15) is 42.4 Å². The molecule has 1 heterocycles. The summed E-state index contributed by atoms with van der Waals surface area (Å²) in [6.45, 7) is 6.32. The van der Waals surface area contributed by atoms with Crippen LogP contribution in [0.15, 0.2) is 30.3 Å². The maximum Gasteiger partial charge on any atom is 0.135 e. The maximum atomic E-state index is 5.73. The highest BCUT2D eigenvalue weighted by Crippen LogP contribution is 2.16. The van der Waals surface area contributed by atoms with Crippen LogP contribution in [0.25, 0.3) is 0 Å². The molecule has 3 heteroatoms. The van der Waals surface area contributed by atoms with Crippen LogP contribution in [-0.2, 0) is 6.42 Å². The molecular weight excluding hydrogens is 222 g/mol. The number of nitrogen functional groups attached to an aromatic ring is 1. The van der Waals surface area contributed by atoms with E-state index in [0.29, 0.717) is 11.7 Å². The van der Waals surface area contributed by atoms with Crippen molar-refractivity contribution in [3.63, 3.8) is 0 Å². The van der Waals surface area contributed by atoms with Gasteiger partial charge in [0, 0.05) is 18.2 Å². The number of hydrogen-bond acceptors (Lipinski definition) is 3. The van der Waals surface area contributed by atoms with Gasteiger partial charge in [0.05, 0.1) is 0 Å². The highest BCUT2D eigenvalue weighted by Gasteiger charge is 2.03. The van der Waals surface area contributed by atoms with Gasteiger partial charge in [-0.05, 0) is 24.0 Å². The first-order valence-electron chi connectivity index (χ1n) is 6.23. The number of anilines is 1. The number of nitrogens with zero attached hydrogens (tertiary/aromatic N) is 2. The van der Waals surface area contributed by atoms with Gasteiger partial charge in [0.25, 0.3) is 0 Å². The average Bonchev–Trinajstić information content (AvgIpc) is 2.28. The van der Waals surface area contributed by atoms with E-state index in [9.17, 15) is 0 Å². The van der Waals surface area contributed by atoms with E-state index in [1.54, 1.807) is 6.07 Å². The first-order valence-corrected chi connectivity index (χ1v) is 6.23. The van der Waals surface area contributed by atoms with Gasteiger partial charge in [0.15, 0.2) is 0 Å². The molecule has 0 atom stereocenters. The van der Waals surface area contributed by atoms with Crippen molar-refractivity contribution >= 4 is 5.82 Å². The summed E-state index contributed by atoms with van der Waals surface area (Å²) >= 11 is 0. The second-order valence-electron chi connectivity index (χ2n) is 4.92. The van der Waals surface area contributed by atoms with Crippen LogP contribution in [0.2, 0.25) is 0 Å². The molecule has 0 radical (unpaired) electrons. The highest BCUT2D eigenvalue weighted by atomic mass is 14.9. The normalized spacial score (nSPS) is 10.9. The Balaban J connectivity index is 2.18. The van der Waals surface area contributed by atoms with Crippen molar-refractivity contribution in [3.05, 3.63) is 53.0 Å². The van der Waals surface area contributed by atoms with E-state index in [0.717, 1.165) is 17.9 Å². The molecule has 1 aromatic heterocycles. The van der Waals surface area contributed by atoms with E-state index in [1.165, 1.54) is 11.1 Å². The van der Waals surface area contributed by atoms with Gasteiger partial charge in [-0.2, -0.15) is 0 Å². The van der Waals surface area contributed by atoms with Crippen molar-refractivity contribution in [3.8, 4) is 0 Å². The van der Waals surface area contributed by atoms with Crippen LogP contribution in [0.5, 0.6) is 0 Å². The molecule has 0 saturated carbocycles. The number of rotatable bonds is 3. The molecule has 0 saturated heterocycles. The van der Waals surface area contributed by atoms with Gasteiger partial charge in [-0.1, -0.05) is 38.1 Å². The Labute approximate surface area is 108 Å². The topological polar surface area (TPSA) is 51.8 Å². The summed E-state index contributed by atoms with van der Waals surface area (Å²) in [5.74, 6) is 1.88. The lowest BCUT2D eigenvalue weighted by molar-refractivity contribution is 0.864. The Morgan fingerprint density at radius 3 is 2.33 bits per heavy atom. The monoisotopic (exact) mass is 241 g/mol. The summed E-state index contributed by atoms with van der Waals surface area (Å²) in [7, 11) is 0. The molecule has 94 valence electrons. The fraction of sp³-hybridized carbons (Fsp3) is 0.333. The van der Waals surface area contributed by atoms with Crippen LogP contribution < -0.4 is 5.73 Å². The molecule has 2 aromatic rings. The number of aromatic nitrogens is 2. The standard InChI is InChI=1S/C15H19N3/c1-10(2)13-6-4-12(5-7-13)9-15-17-11(3)8-14(16)18-15/h4-8,10H,9H2,1-3H3,(H2,16,17,18). The van der Waals surface area contributed by atoms with E-state index in [2.05, 4.69) is 48.1 Å². The zero-order chi connectivity index (χ0) is 13.1. The average molecular weight is 241 g/mol. The third-order valence-corrected chi connectivity index (χ3v) is 2.93. The fourth-order valence-electron chi connectivity index (χ4n) is 1.94. The molecule has 0 spiro atoms. The Bertz CT molecular complexity index is 510. The Morgan fingerprint density at radius 2 is 1.78 bits per heavy atom. The molecule has 0 aliphatic carbocycles. The Kier molecular flexibility index (Phi) is 3.60. The van der Waals surface area contributed by atoms with Crippen molar-refractivity contribution in [2.45, 2.75) is 33.1 Å². The molecule has 0 unspecified atom stereocenters. The van der Waals surface area contributed by atoms with Crippen molar-refractivity contribution in [2.24, 2.45) is 0 Å². The molecule has 1 aromatic carbocycles. The van der Waals surface area contributed by atoms with Crippen LogP contribution in [0.3, 0.4) is 0 Å². The summed E-state index contributed by atoms with van der Waals surface area (Å²) in [6, 6.07) is 10.4. The van der Waals surface area contributed by atoms with Gasteiger partial charge >= 0.3 is 0 Å². The Hall–Kier alpha value is -1.90. The van der Waals surface area contributed by atoms with Gasteiger partial charge in [-0.25, -0.2) is 9.97 Å². The van der Waals surface area contributed by atoms with Crippen LogP contribution in [0, 0.1) is 6.92 Å². The lowest BCUT2D eigenvalue weighted by Crippen LogP contribution is -2.02. The van der Waals surface area contributed by atoms with E-state index in [1.807, 2.05) is 6.92 Å². The number of aryl methyl sites for hydroxylation is 1. The first-order chi connectivity index (χ1) is 8.54. The summed E-state index contributed by atoms with van der Waals surface area (Å²) < 4.78 is 0. The highest BCUT2D eigenvalue weighted by molar-refractivity contribution is 5.31. The molecular formula is C15H19N3. The molecule has 0 aliphatic heterocycles. The van der Waals surface area contributed by atoms with Crippen LogP contribution in [0.4, 0.5) is 5.82 Å². The summed E-state index contributed by atoms with van der Waals surface area (Å²) in [5, 5.41) is 0. The lowest BCUT2D eigenvalue weighted by Gasteiger charge is -2.07. The zero-order valence-corrected chi connectivity index (χ0v) is 11.1. The van der Waals surface area contributed by atoms with Crippen LogP contribution in [-0.4, -0.2) is 9.97 Å². The summed E-state index contributed by atoms with van der Waals surface area (Å²) in [4.78, 5) is 8.65. The van der Waals surface area contributed by atoms with Gasteiger partial charge in [-0.3, -0.25) is 0 Å². The number of benzene rings is 1. The molecule has 18 heavy (non-hydrogen) atoms. The minimum Gasteiger partial charge on any atom is -0.384 e. The summed E-state index contributed by atoms with van der Waals surface area (Å²) in [5.41, 5.74) is 9.20. The molecule has 2 rings (SSSR count). The predicted molar refractivity (Wildman–Crippen MR) is 74.5 cm³/mol. The second-order valence-corrected chi connectivity index (χ2v) is 4.92. The summed E-state index contributed by atoms with van der Waals surface area (Å²) in [6.07, 6.45) is 0.726. The minimum atomic E-state index is 0.538. The third kappa shape index (κ3) is 3.06. The molecule has 3 nitrogen and oxygen atoms in total. The Morgan fingerprint density at radius 1 is 1.11 bits per heavy atom. The lowest BCUT2D eigenvalue weighted by atomic mass is 10.0. The van der Waals surface area contributed by atoms with Crippen molar-refractivity contribution < 1.29 is 0 Å². The minimum absolute atomic E-state index is 0.538. The molecule has 0 amide bonds. The first kappa shape index (κ1) is 12.6. The zero-order valence-electron chi connectivity index (χ0n) is 11.1. The van der Waals surface area contributed by atoms with E-state index < -0.39 is 0 Å².